The molecule has 0 aromatic heterocycles. The number of carbonyl (C=O) groups is 2. The Hall–Kier alpha value is -1.96. The van der Waals surface area contributed by atoms with E-state index in [0.29, 0.717) is 39.4 Å². The summed E-state index contributed by atoms with van der Waals surface area (Å²) in [7, 11) is 0. The smallest absolute Gasteiger partial charge is 0.236 e. The van der Waals surface area contributed by atoms with Gasteiger partial charge in [0, 0.05) is 39.3 Å². The number of nitrogens with one attached hydrogen (secondary N) is 1. The van der Waals surface area contributed by atoms with Crippen molar-refractivity contribution in [2.45, 2.75) is 25.3 Å². The van der Waals surface area contributed by atoms with Gasteiger partial charge in [-0.05, 0) is 30.4 Å². The predicted octanol–water partition coefficient (Wildman–Crippen LogP) is 0.657. The average Bonchev–Trinajstić information content (AvgIpc) is 2.75. The van der Waals surface area contributed by atoms with Crippen molar-refractivity contribution in [1.29, 1.82) is 0 Å². The molecule has 2 heterocycles. The van der Waals surface area contributed by atoms with E-state index in [4.69, 9.17) is 4.74 Å². The van der Waals surface area contributed by atoms with Gasteiger partial charge in [-0.25, -0.2) is 0 Å². The third-order valence-electron chi connectivity index (χ3n) is 6.26. The summed E-state index contributed by atoms with van der Waals surface area (Å²) in [5.74, 6) is 0.273. The van der Waals surface area contributed by atoms with Crippen LogP contribution in [0, 0.1) is 0 Å². The zero-order chi connectivity index (χ0) is 20.1. The molecule has 2 saturated heterocycles. The Morgan fingerprint density at radius 3 is 2.48 bits per heavy atom. The van der Waals surface area contributed by atoms with Crippen LogP contribution in [0.5, 0.6) is 0 Å². The highest BCUT2D eigenvalue weighted by Gasteiger charge is 2.26. The highest BCUT2D eigenvalue weighted by Crippen LogP contribution is 2.29. The number of rotatable bonds is 5. The summed E-state index contributed by atoms with van der Waals surface area (Å²) in [6.45, 7) is 6.86. The lowest BCUT2D eigenvalue weighted by atomic mass is 9.88. The van der Waals surface area contributed by atoms with Gasteiger partial charge in [0.15, 0.2) is 0 Å². The fourth-order valence-corrected chi connectivity index (χ4v) is 4.55. The Morgan fingerprint density at radius 1 is 0.966 bits per heavy atom. The van der Waals surface area contributed by atoms with Gasteiger partial charge in [0.05, 0.1) is 32.3 Å². The second-order valence-electron chi connectivity index (χ2n) is 8.26. The number of morpholine rings is 1. The van der Waals surface area contributed by atoms with Crippen molar-refractivity contribution in [3.63, 3.8) is 0 Å². The molecule has 158 valence electrons. The van der Waals surface area contributed by atoms with Gasteiger partial charge in [-0.2, -0.15) is 0 Å². The van der Waals surface area contributed by atoms with Crippen LogP contribution in [0.1, 0.15) is 30.0 Å². The van der Waals surface area contributed by atoms with E-state index in [9.17, 15) is 9.59 Å². The van der Waals surface area contributed by atoms with Gasteiger partial charge in [-0.3, -0.25) is 19.4 Å². The van der Waals surface area contributed by atoms with Gasteiger partial charge in [0.1, 0.15) is 0 Å². The molecule has 0 bridgehead atoms. The lowest BCUT2D eigenvalue weighted by molar-refractivity contribution is -0.135. The summed E-state index contributed by atoms with van der Waals surface area (Å²) in [5.41, 5.74) is 2.63. The zero-order valence-corrected chi connectivity index (χ0v) is 17.1. The van der Waals surface area contributed by atoms with Gasteiger partial charge >= 0.3 is 0 Å². The minimum Gasteiger partial charge on any atom is -0.379 e. The number of amides is 2. The lowest BCUT2D eigenvalue weighted by Crippen LogP contribution is -2.53. The van der Waals surface area contributed by atoms with Crippen LogP contribution < -0.4 is 5.32 Å². The molecule has 1 aromatic carbocycles. The number of hydrogen-bond donors (Lipinski definition) is 1. The number of piperazine rings is 1. The van der Waals surface area contributed by atoms with Crippen molar-refractivity contribution in [2.75, 3.05) is 65.6 Å². The zero-order valence-electron chi connectivity index (χ0n) is 17.1. The molecule has 2 aliphatic heterocycles. The van der Waals surface area contributed by atoms with Crippen LogP contribution in [0.4, 0.5) is 0 Å². The maximum absolute atomic E-state index is 12.6. The second kappa shape index (κ2) is 9.69. The van der Waals surface area contributed by atoms with Crippen molar-refractivity contribution in [3.8, 4) is 0 Å². The first-order chi connectivity index (χ1) is 14.2. The van der Waals surface area contributed by atoms with E-state index in [1.165, 1.54) is 11.1 Å². The Kier molecular flexibility index (Phi) is 6.79. The van der Waals surface area contributed by atoms with Gasteiger partial charge in [0.25, 0.3) is 0 Å². The highest BCUT2D eigenvalue weighted by molar-refractivity contribution is 5.79. The molecule has 7 nitrogen and oxygen atoms in total. The van der Waals surface area contributed by atoms with Gasteiger partial charge in [-0.1, -0.05) is 24.3 Å². The van der Waals surface area contributed by atoms with Crippen LogP contribution >= 0.6 is 0 Å². The molecule has 29 heavy (non-hydrogen) atoms. The number of ether oxygens (including phenoxy) is 1. The molecule has 1 atom stereocenters. The highest BCUT2D eigenvalue weighted by atomic mass is 16.5. The minimum atomic E-state index is 0.0831. The van der Waals surface area contributed by atoms with E-state index >= 15 is 0 Å². The molecule has 0 saturated carbocycles. The molecule has 7 heteroatoms. The molecule has 1 unspecified atom stereocenters. The first-order valence-electron chi connectivity index (χ1n) is 10.9. The predicted molar refractivity (Wildman–Crippen MR) is 111 cm³/mol. The van der Waals surface area contributed by atoms with Crippen LogP contribution in [0.3, 0.4) is 0 Å². The summed E-state index contributed by atoms with van der Waals surface area (Å²) in [6, 6.07) is 8.56. The first-order valence-corrected chi connectivity index (χ1v) is 10.9. The third kappa shape index (κ3) is 5.35. The molecular weight excluding hydrogens is 368 g/mol. The molecule has 1 aliphatic carbocycles. The van der Waals surface area contributed by atoms with E-state index < -0.39 is 0 Å². The maximum Gasteiger partial charge on any atom is 0.236 e. The Balaban J connectivity index is 1.21. The summed E-state index contributed by atoms with van der Waals surface area (Å²) >= 11 is 0. The van der Waals surface area contributed by atoms with Crippen molar-refractivity contribution in [2.24, 2.45) is 0 Å². The molecule has 3 aliphatic rings. The number of fused-ring (bicyclic) bond motifs is 1. The van der Waals surface area contributed by atoms with Crippen molar-refractivity contribution in [1.82, 2.24) is 20.0 Å². The number of aryl methyl sites for hydroxylation is 1. The second-order valence-corrected chi connectivity index (χ2v) is 8.26. The molecule has 0 spiro atoms. The summed E-state index contributed by atoms with van der Waals surface area (Å²) in [4.78, 5) is 31.4. The monoisotopic (exact) mass is 400 g/mol. The SMILES string of the molecule is O=C(CN1CCN(C(=O)CN2CCOCC2)CC1)NC1CCCc2ccccc21. The maximum atomic E-state index is 12.6. The summed E-state index contributed by atoms with van der Waals surface area (Å²) in [6.07, 6.45) is 3.22. The van der Waals surface area contributed by atoms with E-state index in [1.54, 1.807) is 0 Å². The number of benzene rings is 1. The van der Waals surface area contributed by atoms with Crippen molar-refractivity contribution >= 4 is 11.8 Å². The number of hydrogen-bond acceptors (Lipinski definition) is 5. The number of nitrogens with zero attached hydrogens (tertiary/aromatic N) is 3. The minimum absolute atomic E-state index is 0.0831. The summed E-state index contributed by atoms with van der Waals surface area (Å²) in [5, 5.41) is 3.23. The Bertz CT molecular complexity index is 712. The molecule has 4 rings (SSSR count). The topological polar surface area (TPSA) is 65.1 Å². The fraction of sp³-hybridized carbons (Fsp3) is 0.636. The molecule has 2 fully saturated rings. The lowest BCUT2D eigenvalue weighted by Gasteiger charge is -2.36. The van der Waals surface area contributed by atoms with Crippen LogP contribution in [0.25, 0.3) is 0 Å². The van der Waals surface area contributed by atoms with E-state index in [2.05, 4.69) is 39.4 Å². The normalized spacial score (nSPS) is 23.4. The van der Waals surface area contributed by atoms with Crippen LogP contribution in [-0.4, -0.2) is 92.1 Å². The first kappa shape index (κ1) is 20.3. The van der Waals surface area contributed by atoms with E-state index in [0.717, 1.165) is 45.4 Å². The Morgan fingerprint density at radius 2 is 1.69 bits per heavy atom. The molecule has 0 radical (unpaired) electrons. The molecule has 1 N–H and O–H groups in total. The van der Waals surface area contributed by atoms with Crippen LogP contribution in [-0.2, 0) is 20.7 Å². The average molecular weight is 401 g/mol. The van der Waals surface area contributed by atoms with Gasteiger partial charge in [-0.15, -0.1) is 0 Å². The van der Waals surface area contributed by atoms with Crippen molar-refractivity contribution < 1.29 is 14.3 Å². The van der Waals surface area contributed by atoms with Crippen LogP contribution in [0.2, 0.25) is 0 Å². The van der Waals surface area contributed by atoms with Gasteiger partial charge in [0.2, 0.25) is 11.8 Å². The van der Waals surface area contributed by atoms with Crippen LogP contribution in [0.15, 0.2) is 24.3 Å². The van der Waals surface area contributed by atoms with E-state index in [-0.39, 0.29) is 17.9 Å². The summed E-state index contributed by atoms with van der Waals surface area (Å²) < 4.78 is 5.34. The third-order valence-corrected chi connectivity index (χ3v) is 6.26. The van der Waals surface area contributed by atoms with Crippen molar-refractivity contribution in [3.05, 3.63) is 35.4 Å². The standard InChI is InChI=1S/C22H32N4O3/c27-21(23-20-7-3-5-18-4-1-2-6-19(18)20)16-24-8-10-26(11-9-24)22(28)17-25-12-14-29-15-13-25/h1-2,4,6,20H,3,5,7-17H2,(H,23,27). The largest absolute Gasteiger partial charge is 0.379 e. The quantitative estimate of drug-likeness (QED) is 0.787. The number of carbonyl (C=O) groups excluding carboxylic acids is 2. The molecular formula is C22H32N4O3. The fourth-order valence-electron chi connectivity index (χ4n) is 4.55. The van der Waals surface area contributed by atoms with E-state index in [1.807, 2.05) is 4.90 Å². The molecule has 2 amide bonds. The molecule has 1 aromatic rings. The Labute approximate surface area is 173 Å². The van der Waals surface area contributed by atoms with Gasteiger partial charge < -0.3 is 15.0 Å².